The molecule has 0 bridgehead atoms. The van der Waals surface area contributed by atoms with Crippen LogP contribution in [0.15, 0.2) is 0 Å². The Morgan fingerprint density at radius 3 is 2.67 bits per heavy atom. The lowest BCUT2D eigenvalue weighted by atomic mass is 10.4. The second-order valence-corrected chi connectivity index (χ2v) is 6.35. The van der Waals surface area contributed by atoms with E-state index in [2.05, 4.69) is 19.8 Å². The van der Waals surface area contributed by atoms with Crippen LogP contribution in [-0.4, -0.2) is 45.8 Å². The van der Waals surface area contributed by atoms with Crippen molar-refractivity contribution in [2.75, 3.05) is 31.8 Å². The second kappa shape index (κ2) is 6.12. The number of hydrogen-bond acceptors (Lipinski definition) is 7. The summed E-state index contributed by atoms with van der Waals surface area (Å²) in [6, 6.07) is 0. The zero-order chi connectivity index (χ0) is 13.8. The molecule has 9 heteroatoms. The standard InChI is InChI=1S/C9H15N3O4S2/c1-6-7(8(13)16-2)17-9(12-6)10-4-5-11-18(3,14)15/h11H,4-5H2,1-3H3,(H,10,12). The highest BCUT2D eigenvalue weighted by Gasteiger charge is 2.15. The topological polar surface area (TPSA) is 97.4 Å². The summed E-state index contributed by atoms with van der Waals surface area (Å²) in [5.74, 6) is -0.424. The fourth-order valence-electron chi connectivity index (χ4n) is 1.16. The van der Waals surface area contributed by atoms with Gasteiger partial charge in [0.1, 0.15) is 4.88 Å². The smallest absolute Gasteiger partial charge is 0.350 e. The van der Waals surface area contributed by atoms with Crippen molar-refractivity contribution in [3.63, 3.8) is 0 Å². The zero-order valence-corrected chi connectivity index (χ0v) is 11.9. The number of thiazole rings is 1. The number of hydrogen-bond donors (Lipinski definition) is 2. The van der Waals surface area contributed by atoms with E-state index in [1.165, 1.54) is 18.4 Å². The van der Waals surface area contributed by atoms with Gasteiger partial charge in [0.15, 0.2) is 5.13 Å². The van der Waals surface area contributed by atoms with Crippen molar-refractivity contribution in [1.29, 1.82) is 0 Å². The lowest BCUT2D eigenvalue weighted by Gasteiger charge is -2.02. The van der Waals surface area contributed by atoms with Crippen molar-refractivity contribution in [3.8, 4) is 0 Å². The molecular weight excluding hydrogens is 278 g/mol. The minimum absolute atomic E-state index is 0.255. The number of aromatic nitrogens is 1. The molecule has 102 valence electrons. The zero-order valence-electron chi connectivity index (χ0n) is 10.3. The van der Waals surface area contributed by atoms with Crippen LogP contribution in [0.4, 0.5) is 5.13 Å². The molecule has 7 nitrogen and oxygen atoms in total. The van der Waals surface area contributed by atoms with E-state index < -0.39 is 16.0 Å². The Balaban J connectivity index is 2.51. The second-order valence-electron chi connectivity index (χ2n) is 3.52. The number of rotatable bonds is 6. The molecule has 1 aromatic rings. The highest BCUT2D eigenvalue weighted by molar-refractivity contribution is 7.88. The molecule has 0 aliphatic heterocycles. The van der Waals surface area contributed by atoms with Crippen molar-refractivity contribution in [2.24, 2.45) is 0 Å². The quantitative estimate of drug-likeness (QED) is 0.574. The van der Waals surface area contributed by atoms with Gasteiger partial charge < -0.3 is 10.1 Å². The highest BCUT2D eigenvalue weighted by Crippen LogP contribution is 2.22. The first kappa shape index (κ1) is 14.9. The van der Waals surface area contributed by atoms with Crippen LogP contribution in [0.2, 0.25) is 0 Å². The summed E-state index contributed by atoms with van der Waals surface area (Å²) in [6.07, 6.45) is 1.09. The predicted molar refractivity (Wildman–Crippen MR) is 69.5 cm³/mol. The first-order chi connectivity index (χ1) is 8.33. The molecule has 1 rings (SSSR count). The van der Waals surface area contributed by atoms with Crippen molar-refractivity contribution in [3.05, 3.63) is 10.6 Å². The van der Waals surface area contributed by atoms with Gasteiger partial charge in [-0.1, -0.05) is 11.3 Å². The first-order valence-corrected chi connectivity index (χ1v) is 7.78. The van der Waals surface area contributed by atoms with Gasteiger partial charge in [-0.05, 0) is 6.92 Å². The first-order valence-electron chi connectivity index (χ1n) is 5.07. The average molecular weight is 293 g/mol. The van der Waals surface area contributed by atoms with Gasteiger partial charge in [-0.25, -0.2) is 22.9 Å². The molecule has 0 radical (unpaired) electrons. The maximum atomic E-state index is 11.3. The molecule has 0 saturated carbocycles. The summed E-state index contributed by atoms with van der Waals surface area (Å²) in [6.45, 7) is 2.36. The monoisotopic (exact) mass is 293 g/mol. The summed E-state index contributed by atoms with van der Waals surface area (Å²) < 4.78 is 28.6. The van der Waals surface area contributed by atoms with Gasteiger partial charge in [0.25, 0.3) is 0 Å². The van der Waals surface area contributed by atoms with Crippen molar-refractivity contribution in [1.82, 2.24) is 9.71 Å². The molecular formula is C9H15N3O4S2. The molecule has 0 spiro atoms. The fourth-order valence-corrected chi connectivity index (χ4v) is 2.54. The number of methoxy groups -OCH3 is 1. The van der Waals surface area contributed by atoms with E-state index in [-0.39, 0.29) is 6.54 Å². The van der Waals surface area contributed by atoms with Crippen LogP contribution in [0.25, 0.3) is 0 Å². The Kier molecular flexibility index (Phi) is 5.05. The lowest BCUT2D eigenvalue weighted by molar-refractivity contribution is 0.0605. The molecule has 1 heterocycles. The van der Waals surface area contributed by atoms with Gasteiger partial charge in [-0.15, -0.1) is 0 Å². The van der Waals surface area contributed by atoms with Gasteiger partial charge in [-0.3, -0.25) is 0 Å². The number of nitrogens with zero attached hydrogens (tertiary/aromatic N) is 1. The number of aryl methyl sites for hydroxylation is 1. The van der Waals surface area contributed by atoms with E-state index in [9.17, 15) is 13.2 Å². The minimum atomic E-state index is -3.18. The third-order valence-electron chi connectivity index (χ3n) is 1.93. The number of ether oxygens (including phenoxy) is 1. The Bertz CT molecular complexity index is 524. The van der Waals surface area contributed by atoms with Gasteiger partial charge in [-0.2, -0.15) is 0 Å². The Morgan fingerprint density at radius 2 is 2.11 bits per heavy atom. The minimum Gasteiger partial charge on any atom is -0.465 e. The van der Waals surface area contributed by atoms with E-state index in [4.69, 9.17) is 0 Å². The molecule has 1 aromatic heterocycles. The molecule has 0 unspecified atom stereocenters. The fraction of sp³-hybridized carbons (Fsp3) is 0.556. The number of esters is 1. The summed E-state index contributed by atoms with van der Waals surface area (Å²) in [5, 5.41) is 3.49. The number of sulfonamides is 1. The van der Waals surface area contributed by atoms with Crippen molar-refractivity contribution >= 4 is 32.5 Å². The van der Waals surface area contributed by atoms with Crippen LogP contribution >= 0.6 is 11.3 Å². The third-order valence-corrected chi connectivity index (χ3v) is 3.76. The van der Waals surface area contributed by atoms with Crippen LogP contribution in [0, 0.1) is 6.92 Å². The third kappa shape index (κ3) is 4.59. The van der Waals surface area contributed by atoms with E-state index in [0.29, 0.717) is 22.2 Å². The van der Waals surface area contributed by atoms with Gasteiger partial charge >= 0.3 is 5.97 Å². The van der Waals surface area contributed by atoms with Crippen LogP contribution in [0.5, 0.6) is 0 Å². The largest absolute Gasteiger partial charge is 0.465 e. The number of anilines is 1. The van der Waals surface area contributed by atoms with Crippen LogP contribution in [0.3, 0.4) is 0 Å². The van der Waals surface area contributed by atoms with Gasteiger partial charge in [0.2, 0.25) is 10.0 Å². The molecule has 0 aromatic carbocycles. The van der Waals surface area contributed by atoms with Crippen molar-refractivity contribution < 1.29 is 17.9 Å². The molecule has 0 saturated heterocycles. The molecule has 0 aliphatic rings. The molecule has 2 N–H and O–H groups in total. The van der Waals surface area contributed by atoms with E-state index in [1.807, 2.05) is 0 Å². The van der Waals surface area contributed by atoms with E-state index in [0.717, 1.165) is 6.26 Å². The van der Waals surface area contributed by atoms with Crippen molar-refractivity contribution in [2.45, 2.75) is 6.92 Å². The van der Waals surface area contributed by atoms with Crippen LogP contribution < -0.4 is 10.0 Å². The van der Waals surface area contributed by atoms with Crippen LogP contribution in [0.1, 0.15) is 15.4 Å². The lowest BCUT2D eigenvalue weighted by Crippen LogP contribution is -2.27. The summed E-state index contributed by atoms with van der Waals surface area (Å²) >= 11 is 1.18. The number of carbonyl (C=O) groups excluding carboxylic acids is 1. The molecule has 0 amide bonds. The SMILES string of the molecule is COC(=O)c1sc(NCCNS(C)(=O)=O)nc1C. The maximum absolute atomic E-state index is 11.3. The Morgan fingerprint density at radius 1 is 1.44 bits per heavy atom. The van der Waals surface area contributed by atoms with Gasteiger partial charge in [0.05, 0.1) is 19.1 Å². The summed E-state index contributed by atoms with van der Waals surface area (Å²) in [5.41, 5.74) is 0.588. The molecule has 18 heavy (non-hydrogen) atoms. The number of nitrogens with one attached hydrogen (secondary N) is 2. The average Bonchev–Trinajstić information content (AvgIpc) is 2.64. The molecule has 0 aliphatic carbocycles. The normalized spacial score (nSPS) is 11.3. The summed E-state index contributed by atoms with van der Waals surface area (Å²) in [4.78, 5) is 15.9. The molecule has 0 atom stereocenters. The summed E-state index contributed by atoms with van der Waals surface area (Å²) in [7, 11) is -1.87. The van der Waals surface area contributed by atoms with E-state index >= 15 is 0 Å². The number of carbonyl (C=O) groups is 1. The van der Waals surface area contributed by atoms with E-state index in [1.54, 1.807) is 6.92 Å². The van der Waals surface area contributed by atoms with Crippen LogP contribution in [-0.2, 0) is 14.8 Å². The molecule has 0 fully saturated rings. The Labute approximate surface area is 110 Å². The Hall–Kier alpha value is -1.19. The van der Waals surface area contributed by atoms with Gasteiger partial charge in [0, 0.05) is 13.1 Å². The maximum Gasteiger partial charge on any atom is 0.350 e. The predicted octanol–water partition coefficient (Wildman–Crippen LogP) is 0.199. The highest BCUT2D eigenvalue weighted by atomic mass is 32.2.